The largest absolute Gasteiger partial charge is 0.411 e. The molecule has 0 heterocycles. The molecule has 0 aromatic carbocycles. The van der Waals surface area contributed by atoms with Crippen LogP contribution < -0.4 is 0 Å². The fourth-order valence-corrected chi connectivity index (χ4v) is 1.75. The van der Waals surface area contributed by atoms with Crippen molar-refractivity contribution < 1.29 is 5.21 Å². The lowest BCUT2D eigenvalue weighted by Crippen LogP contribution is -2.19. The Kier molecular flexibility index (Phi) is 3.59. The van der Waals surface area contributed by atoms with Gasteiger partial charge in [-0.15, -0.1) is 0 Å². The Morgan fingerprint density at radius 2 is 2.42 bits per heavy atom. The highest BCUT2D eigenvalue weighted by Gasteiger charge is 2.20. The number of hydrogen-bond acceptors (Lipinski definition) is 3. The topological polar surface area (TPSA) is 56.4 Å². The van der Waals surface area contributed by atoms with Crippen LogP contribution in [-0.4, -0.2) is 10.9 Å². The molecule has 1 aliphatic carbocycles. The summed E-state index contributed by atoms with van der Waals surface area (Å²) < 4.78 is 0. The third kappa shape index (κ3) is 2.23. The third-order valence-electron chi connectivity index (χ3n) is 2.44. The maximum atomic E-state index is 8.67. The molecule has 0 aromatic heterocycles. The minimum atomic E-state index is 0.364. The smallest absolute Gasteiger partial charge is 0.0621 e. The maximum absolute atomic E-state index is 8.67. The van der Waals surface area contributed by atoms with E-state index in [1.165, 1.54) is 6.42 Å². The molecule has 0 radical (unpaired) electrons. The van der Waals surface area contributed by atoms with E-state index in [-0.39, 0.29) is 0 Å². The quantitative estimate of drug-likeness (QED) is 0.505. The molecule has 0 bridgehead atoms. The second-order valence-electron chi connectivity index (χ2n) is 3.23. The second kappa shape index (κ2) is 4.76. The summed E-state index contributed by atoms with van der Waals surface area (Å²) in [5, 5.41) is 20.4. The first-order valence-electron chi connectivity index (χ1n) is 4.46. The Morgan fingerprint density at radius 3 is 3.08 bits per heavy atom. The van der Waals surface area contributed by atoms with Gasteiger partial charge in [0.2, 0.25) is 0 Å². The summed E-state index contributed by atoms with van der Waals surface area (Å²) in [7, 11) is 0. The van der Waals surface area contributed by atoms with Crippen molar-refractivity contribution in [1.29, 1.82) is 5.26 Å². The van der Waals surface area contributed by atoms with Crippen LogP contribution in [0.1, 0.15) is 38.5 Å². The normalized spacial score (nSPS) is 26.9. The molecule has 66 valence electrons. The van der Waals surface area contributed by atoms with Gasteiger partial charge in [0.25, 0.3) is 0 Å². The molecule has 1 N–H and O–H groups in total. The van der Waals surface area contributed by atoms with E-state index < -0.39 is 0 Å². The predicted octanol–water partition coefficient (Wildman–Crippen LogP) is 2.31. The van der Waals surface area contributed by atoms with Crippen LogP contribution in [0.4, 0.5) is 0 Å². The Bertz CT molecular complexity index is 205. The van der Waals surface area contributed by atoms with Crippen molar-refractivity contribution in [1.82, 2.24) is 0 Å². The van der Waals surface area contributed by atoms with Gasteiger partial charge in [-0.3, -0.25) is 0 Å². The van der Waals surface area contributed by atoms with Gasteiger partial charge >= 0.3 is 0 Å². The lowest BCUT2D eigenvalue weighted by atomic mass is 9.84. The van der Waals surface area contributed by atoms with E-state index in [4.69, 9.17) is 10.5 Å². The minimum Gasteiger partial charge on any atom is -0.411 e. The van der Waals surface area contributed by atoms with E-state index in [0.717, 1.165) is 31.4 Å². The van der Waals surface area contributed by atoms with Crippen molar-refractivity contribution in [3.05, 3.63) is 0 Å². The van der Waals surface area contributed by atoms with Gasteiger partial charge in [0.15, 0.2) is 0 Å². The average Bonchev–Trinajstić information content (AvgIpc) is 2.15. The first-order valence-corrected chi connectivity index (χ1v) is 4.46. The molecule has 3 heteroatoms. The third-order valence-corrected chi connectivity index (χ3v) is 2.44. The zero-order valence-corrected chi connectivity index (χ0v) is 7.16. The molecule has 1 aliphatic rings. The van der Waals surface area contributed by atoms with E-state index in [1.54, 1.807) is 0 Å². The summed E-state index contributed by atoms with van der Waals surface area (Å²) in [6, 6.07) is 2.12. The fourth-order valence-electron chi connectivity index (χ4n) is 1.75. The van der Waals surface area contributed by atoms with Gasteiger partial charge in [0.05, 0.1) is 11.8 Å². The van der Waals surface area contributed by atoms with Crippen molar-refractivity contribution >= 4 is 5.71 Å². The second-order valence-corrected chi connectivity index (χ2v) is 3.23. The zero-order valence-electron chi connectivity index (χ0n) is 7.16. The molecule has 0 aliphatic heterocycles. The maximum Gasteiger partial charge on any atom is 0.0621 e. The van der Waals surface area contributed by atoms with E-state index in [9.17, 15) is 0 Å². The fraction of sp³-hybridized carbons (Fsp3) is 0.778. The Balaban J connectivity index is 2.43. The summed E-state index contributed by atoms with van der Waals surface area (Å²) in [5.41, 5.74) is 0.900. The lowest BCUT2D eigenvalue weighted by molar-refractivity contribution is 0.307. The highest BCUT2D eigenvalue weighted by atomic mass is 16.4. The molecule has 12 heavy (non-hydrogen) atoms. The van der Waals surface area contributed by atoms with Crippen molar-refractivity contribution in [2.24, 2.45) is 11.1 Å². The van der Waals surface area contributed by atoms with Crippen molar-refractivity contribution in [2.75, 3.05) is 0 Å². The van der Waals surface area contributed by atoms with E-state index in [1.807, 2.05) is 0 Å². The van der Waals surface area contributed by atoms with Crippen LogP contribution in [0.25, 0.3) is 0 Å². The van der Waals surface area contributed by atoms with Crippen molar-refractivity contribution in [2.45, 2.75) is 38.5 Å². The number of nitriles is 1. The van der Waals surface area contributed by atoms with Crippen LogP contribution in [0.5, 0.6) is 0 Å². The number of oxime groups is 1. The summed E-state index contributed by atoms with van der Waals surface area (Å²) >= 11 is 0. The van der Waals surface area contributed by atoms with Gasteiger partial charge in [-0.2, -0.15) is 5.26 Å². The molecule has 1 saturated carbocycles. The highest BCUT2D eigenvalue weighted by Crippen LogP contribution is 2.25. The predicted molar refractivity (Wildman–Crippen MR) is 46.0 cm³/mol. The number of rotatable bonds is 2. The first kappa shape index (κ1) is 9.05. The van der Waals surface area contributed by atoms with Crippen LogP contribution in [0.3, 0.4) is 0 Å². The zero-order chi connectivity index (χ0) is 8.81. The van der Waals surface area contributed by atoms with Gasteiger partial charge in [-0.05, 0) is 25.7 Å². The Hall–Kier alpha value is -1.04. The van der Waals surface area contributed by atoms with Crippen LogP contribution in [0, 0.1) is 17.2 Å². The molecular weight excluding hydrogens is 152 g/mol. The van der Waals surface area contributed by atoms with Crippen molar-refractivity contribution in [3.63, 3.8) is 0 Å². The first-order chi connectivity index (χ1) is 5.88. The van der Waals surface area contributed by atoms with Crippen LogP contribution in [-0.2, 0) is 0 Å². The van der Waals surface area contributed by atoms with Crippen LogP contribution in [0.2, 0.25) is 0 Å². The molecular formula is C9H14N2O. The van der Waals surface area contributed by atoms with Gasteiger partial charge in [-0.1, -0.05) is 11.6 Å². The summed E-state index contributed by atoms with van der Waals surface area (Å²) in [5.74, 6) is 0.364. The van der Waals surface area contributed by atoms with Gasteiger partial charge in [0.1, 0.15) is 0 Å². The van der Waals surface area contributed by atoms with E-state index in [0.29, 0.717) is 12.3 Å². The molecule has 0 aromatic rings. The number of hydrogen-bond donors (Lipinski definition) is 1. The molecule has 3 nitrogen and oxygen atoms in total. The van der Waals surface area contributed by atoms with E-state index >= 15 is 0 Å². The molecule has 0 amide bonds. The van der Waals surface area contributed by atoms with Crippen LogP contribution in [0.15, 0.2) is 5.16 Å². The van der Waals surface area contributed by atoms with Gasteiger partial charge in [-0.25, -0.2) is 0 Å². The summed E-state index contributed by atoms with van der Waals surface area (Å²) in [4.78, 5) is 0. The monoisotopic (exact) mass is 166 g/mol. The molecule has 1 unspecified atom stereocenters. The summed E-state index contributed by atoms with van der Waals surface area (Å²) in [6.07, 6.45) is 5.75. The SMILES string of the molecule is N#CCCC1CCCC/C1=N\O. The Labute approximate surface area is 72.7 Å². The van der Waals surface area contributed by atoms with Crippen molar-refractivity contribution in [3.8, 4) is 6.07 Å². The summed E-state index contributed by atoms with van der Waals surface area (Å²) in [6.45, 7) is 0. The highest BCUT2D eigenvalue weighted by molar-refractivity contribution is 5.86. The van der Waals surface area contributed by atoms with Gasteiger partial charge < -0.3 is 5.21 Å². The van der Waals surface area contributed by atoms with Gasteiger partial charge in [0, 0.05) is 12.3 Å². The molecule has 1 fully saturated rings. The van der Waals surface area contributed by atoms with E-state index in [2.05, 4.69) is 11.2 Å². The molecule has 1 atom stereocenters. The lowest BCUT2D eigenvalue weighted by Gasteiger charge is -2.21. The number of nitrogens with zero attached hydrogens (tertiary/aromatic N) is 2. The minimum absolute atomic E-state index is 0.364. The molecule has 1 rings (SSSR count). The average molecular weight is 166 g/mol. The Morgan fingerprint density at radius 1 is 1.58 bits per heavy atom. The molecule has 0 spiro atoms. The molecule has 0 saturated heterocycles. The standard InChI is InChI=1S/C9H14N2O/c10-7-3-5-8-4-1-2-6-9(8)11-12/h8,12H,1-6H2/b11-9+. The van der Waals surface area contributed by atoms with Crippen LogP contribution >= 0.6 is 0 Å².